The van der Waals surface area contributed by atoms with Crippen LogP contribution in [0.4, 0.5) is 11.4 Å². The van der Waals surface area contributed by atoms with E-state index in [9.17, 15) is 0 Å². The minimum atomic E-state index is -0.410. The summed E-state index contributed by atoms with van der Waals surface area (Å²) >= 11 is 0. The second-order valence-corrected chi connectivity index (χ2v) is 24.9. The van der Waals surface area contributed by atoms with E-state index in [0.717, 1.165) is 50.1 Å². The molecule has 72 heavy (non-hydrogen) atoms. The third kappa shape index (κ3) is 10.1. The van der Waals surface area contributed by atoms with Gasteiger partial charge in [-0.05, 0) is 91.4 Å². The Hall–Kier alpha value is -5.90. The van der Waals surface area contributed by atoms with Gasteiger partial charge in [-0.2, -0.15) is 0 Å². The number of hydrogen-bond donors (Lipinski definition) is 0. The summed E-state index contributed by atoms with van der Waals surface area (Å²) in [7, 11) is 0. The van der Waals surface area contributed by atoms with Crippen molar-refractivity contribution >= 4 is 33.2 Å². The minimum Gasteiger partial charge on any atom is -0.509 e. The summed E-state index contributed by atoms with van der Waals surface area (Å²) in [4.78, 5) is 9.65. The molecule has 6 aromatic carbocycles. The van der Waals surface area contributed by atoms with Crippen LogP contribution in [0.3, 0.4) is 0 Å². The van der Waals surface area contributed by atoms with E-state index in [1.54, 1.807) is 0 Å². The topological polar surface area (TPSA) is 33.5 Å². The van der Waals surface area contributed by atoms with Crippen LogP contribution < -0.4 is 14.5 Å². The molecular formula is C66H73N4OPt-3. The van der Waals surface area contributed by atoms with Crippen LogP contribution in [0.25, 0.3) is 27.6 Å². The Morgan fingerprint density at radius 3 is 1.67 bits per heavy atom. The van der Waals surface area contributed by atoms with E-state index in [2.05, 4.69) is 284 Å². The predicted octanol–water partition coefficient (Wildman–Crippen LogP) is 17.4. The molecule has 5 nitrogen and oxygen atoms in total. The molecule has 0 unspecified atom stereocenters. The van der Waals surface area contributed by atoms with Gasteiger partial charge in [0.05, 0.1) is 0 Å². The number of aromatic nitrogens is 2. The first kappa shape index (κ1) is 52.4. The monoisotopic (exact) mass is 1130 g/mol. The van der Waals surface area contributed by atoms with E-state index in [1.165, 1.54) is 33.5 Å². The van der Waals surface area contributed by atoms with Crippen LogP contribution in [-0.2, 0) is 48.1 Å². The number of rotatable bonds is 9. The number of para-hydroxylation sites is 1. The van der Waals surface area contributed by atoms with Crippen molar-refractivity contribution in [2.75, 3.05) is 9.80 Å². The van der Waals surface area contributed by atoms with E-state index < -0.39 is 5.41 Å². The summed E-state index contributed by atoms with van der Waals surface area (Å²) in [6.07, 6.45) is 4.21. The van der Waals surface area contributed by atoms with Crippen molar-refractivity contribution in [3.05, 3.63) is 209 Å². The second-order valence-electron chi connectivity index (χ2n) is 24.9. The molecule has 0 spiro atoms. The average Bonchev–Trinajstić information content (AvgIpc) is 3.92. The summed E-state index contributed by atoms with van der Waals surface area (Å²) in [6, 6.07) is 56.1. The van der Waals surface area contributed by atoms with Gasteiger partial charge in [0.1, 0.15) is 5.82 Å². The molecule has 6 heteroatoms. The molecule has 2 aromatic heterocycles. The molecule has 0 amide bonds. The molecule has 0 radical (unpaired) electrons. The normalized spacial score (nSPS) is 14.0. The Kier molecular flexibility index (Phi) is 13.7. The first-order valence-corrected chi connectivity index (χ1v) is 25.4. The van der Waals surface area contributed by atoms with Crippen molar-refractivity contribution in [3.63, 3.8) is 0 Å². The third-order valence-electron chi connectivity index (χ3n) is 14.7. The van der Waals surface area contributed by atoms with Crippen molar-refractivity contribution in [2.24, 2.45) is 5.41 Å². The molecule has 0 saturated carbocycles. The van der Waals surface area contributed by atoms with Crippen molar-refractivity contribution in [1.82, 2.24) is 9.55 Å². The van der Waals surface area contributed by atoms with Crippen LogP contribution in [-0.4, -0.2) is 9.55 Å². The van der Waals surface area contributed by atoms with Gasteiger partial charge >= 0.3 is 0 Å². The number of nitrogens with zero attached hydrogens (tertiary/aromatic N) is 4. The van der Waals surface area contributed by atoms with E-state index in [4.69, 9.17) is 9.72 Å². The van der Waals surface area contributed by atoms with Gasteiger partial charge < -0.3 is 19.1 Å². The van der Waals surface area contributed by atoms with E-state index >= 15 is 0 Å². The van der Waals surface area contributed by atoms with Crippen LogP contribution >= 0.6 is 0 Å². The van der Waals surface area contributed by atoms with Crippen molar-refractivity contribution < 1.29 is 25.8 Å². The fourth-order valence-electron chi connectivity index (χ4n) is 9.94. The Bertz CT molecular complexity index is 3300. The molecule has 1 aliphatic rings. The maximum Gasteiger partial charge on any atom is 0.135 e. The van der Waals surface area contributed by atoms with E-state index in [0.29, 0.717) is 11.5 Å². The minimum absolute atomic E-state index is 0. The molecule has 0 atom stereocenters. The first-order valence-electron chi connectivity index (χ1n) is 25.4. The maximum absolute atomic E-state index is 7.19. The zero-order chi connectivity index (χ0) is 51.1. The molecule has 9 rings (SSSR count). The molecule has 0 fully saturated rings. The largest absolute Gasteiger partial charge is 0.509 e. The van der Waals surface area contributed by atoms with E-state index in [-0.39, 0.29) is 48.1 Å². The summed E-state index contributed by atoms with van der Waals surface area (Å²) < 4.78 is 9.46. The molecule has 3 heterocycles. The van der Waals surface area contributed by atoms with Crippen LogP contribution in [0.2, 0.25) is 0 Å². The van der Waals surface area contributed by atoms with Crippen molar-refractivity contribution in [2.45, 2.75) is 138 Å². The number of fused-ring (bicyclic) bond motifs is 3. The number of anilines is 2. The summed E-state index contributed by atoms with van der Waals surface area (Å²) in [6.45, 7) is 38.9. The Labute approximate surface area is 445 Å². The molecule has 0 saturated heterocycles. The summed E-state index contributed by atoms with van der Waals surface area (Å²) in [5.74, 6) is 2.09. The summed E-state index contributed by atoms with van der Waals surface area (Å²) in [5, 5.41) is 2.28. The van der Waals surface area contributed by atoms with Gasteiger partial charge in [0.2, 0.25) is 0 Å². The van der Waals surface area contributed by atoms with Crippen LogP contribution in [0, 0.1) is 24.2 Å². The van der Waals surface area contributed by atoms with Gasteiger partial charge in [0.25, 0.3) is 0 Å². The zero-order valence-corrected chi connectivity index (χ0v) is 47.7. The Morgan fingerprint density at radius 1 is 0.500 bits per heavy atom. The van der Waals surface area contributed by atoms with Crippen LogP contribution in [0.1, 0.15) is 150 Å². The van der Waals surface area contributed by atoms with Gasteiger partial charge in [0.15, 0.2) is 0 Å². The second kappa shape index (κ2) is 18.9. The molecule has 376 valence electrons. The van der Waals surface area contributed by atoms with Gasteiger partial charge in [-0.1, -0.05) is 207 Å². The third-order valence-corrected chi connectivity index (χ3v) is 14.7. The maximum atomic E-state index is 7.19. The first-order chi connectivity index (χ1) is 33.2. The van der Waals surface area contributed by atoms with Gasteiger partial charge in [-0.15, -0.1) is 53.8 Å². The number of ether oxygens (including phenoxy) is 1. The Morgan fingerprint density at radius 2 is 1.06 bits per heavy atom. The molecular weight excluding hydrogens is 1060 g/mol. The number of allylic oxidation sites excluding steroid dienone is 1. The predicted molar refractivity (Wildman–Crippen MR) is 299 cm³/mol. The number of benzene rings is 6. The SMILES string of the molecule is CC(C)(C)C1=CN(c2[c-]c(Oc3[c-]c4c(c(C(C)(C)c5ccccc5)c3)c3ccccc3n4-c3cc(C(C)(C)C)ccn3)cc(C(C)(C)C)c2)[CH-]N1c1cc(C(C)(C)C)cc(C(C)(C)c2ccccc2)c1.[Pt]. The average molecular weight is 1130 g/mol. The van der Waals surface area contributed by atoms with Gasteiger partial charge in [-0.25, -0.2) is 4.98 Å². The fraction of sp³-hybridized carbons (Fsp3) is 0.333. The smallest absolute Gasteiger partial charge is 0.135 e. The van der Waals surface area contributed by atoms with Crippen LogP contribution in [0.15, 0.2) is 152 Å². The van der Waals surface area contributed by atoms with Gasteiger partial charge in [-0.3, -0.25) is 0 Å². The van der Waals surface area contributed by atoms with Gasteiger partial charge in [0, 0.05) is 66.5 Å². The van der Waals surface area contributed by atoms with Crippen molar-refractivity contribution in [3.8, 4) is 17.3 Å². The number of hydrogen-bond acceptors (Lipinski definition) is 4. The molecule has 0 N–H and O–H groups in total. The van der Waals surface area contributed by atoms with Crippen LogP contribution in [0.5, 0.6) is 11.5 Å². The zero-order valence-electron chi connectivity index (χ0n) is 45.4. The van der Waals surface area contributed by atoms with E-state index in [1.807, 2.05) is 6.20 Å². The molecule has 0 aliphatic carbocycles. The summed E-state index contributed by atoms with van der Waals surface area (Å²) in [5.41, 5.74) is 12.7. The fourth-order valence-corrected chi connectivity index (χ4v) is 9.94. The number of pyridine rings is 1. The molecule has 0 bridgehead atoms. The Balaban J connectivity index is 0.00000693. The van der Waals surface area contributed by atoms with Crippen molar-refractivity contribution in [1.29, 1.82) is 0 Å². The molecule has 8 aromatic rings. The standard InChI is InChI=1S/C66H73N4O.Pt/c1-61(2,3)46-31-32-67-59(38-46)70-56-30-24-23-29-54(56)60-55(66(15,16)45-27-21-18-22-28-45)40-53(41-57(60)70)71-52-37-48(63(7,8)9)34-50(39-52)68-42-58(64(10,11)12)69(43-68)51-35-47(62(4,5)6)33-49(36-51)65(13,14)44-25-19-17-20-26-44;/h17-38,40,42-43H,1-16H3;/q-3;. The molecule has 1 aliphatic heterocycles. The quantitative estimate of drug-likeness (QED) is 0.135.